The summed E-state index contributed by atoms with van der Waals surface area (Å²) in [5.41, 5.74) is 1.25. The molecule has 20 heavy (non-hydrogen) atoms. The van der Waals surface area contributed by atoms with Crippen molar-refractivity contribution in [3.63, 3.8) is 0 Å². The van der Waals surface area contributed by atoms with E-state index in [2.05, 4.69) is 20.4 Å². The molecule has 0 saturated heterocycles. The first-order chi connectivity index (χ1) is 9.76. The molecule has 0 bridgehead atoms. The first kappa shape index (κ1) is 11.8. The van der Waals surface area contributed by atoms with E-state index in [1.54, 1.807) is 36.5 Å². The van der Waals surface area contributed by atoms with Crippen LogP contribution in [0, 0.1) is 11.3 Å². The number of rotatable bonds is 2. The van der Waals surface area contributed by atoms with E-state index in [9.17, 15) is 4.79 Å². The van der Waals surface area contributed by atoms with Crippen LogP contribution in [0.4, 0.5) is 5.95 Å². The molecular weight excluding hydrogens is 256 g/mol. The van der Waals surface area contributed by atoms with Gasteiger partial charge in [0.25, 0.3) is 5.91 Å². The number of amides is 1. The van der Waals surface area contributed by atoms with E-state index in [0.717, 1.165) is 0 Å². The van der Waals surface area contributed by atoms with Crippen molar-refractivity contribution in [3.8, 4) is 6.07 Å². The molecule has 0 aliphatic heterocycles. The van der Waals surface area contributed by atoms with E-state index in [4.69, 9.17) is 5.26 Å². The normalized spacial score (nSPS) is 10.2. The van der Waals surface area contributed by atoms with Gasteiger partial charge in [0.1, 0.15) is 5.69 Å². The third-order valence-electron chi connectivity index (χ3n) is 2.59. The lowest BCUT2D eigenvalue weighted by atomic mass is 10.3. The Labute approximate surface area is 113 Å². The molecule has 3 rings (SSSR count). The molecule has 0 radical (unpaired) electrons. The van der Waals surface area contributed by atoms with Crippen LogP contribution in [-0.2, 0) is 0 Å². The third kappa shape index (κ3) is 2.18. The maximum absolute atomic E-state index is 11.9. The van der Waals surface area contributed by atoms with Crippen LogP contribution < -0.4 is 5.32 Å². The van der Waals surface area contributed by atoms with Gasteiger partial charge in [0.05, 0.1) is 11.6 Å². The van der Waals surface area contributed by atoms with Crippen molar-refractivity contribution in [1.82, 2.24) is 19.6 Å². The van der Waals surface area contributed by atoms with Crippen LogP contribution in [-0.4, -0.2) is 25.5 Å². The summed E-state index contributed by atoms with van der Waals surface area (Å²) in [6, 6.07) is 10.3. The van der Waals surface area contributed by atoms with Gasteiger partial charge in [0.15, 0.2) is 5.65 Å². The zero-order chi connectivity index (χ0) is 13.9. The van der Waals surface area contributed by atoms with Crippen LogP contribution in [0.2, 0.25) is 0 Å². The summed E-state index contributed by atoms with van der Waals surface area (Å²) in [6.07, 6.45) is 3.14. The number of nitriles is 1. The summed E-state index contributed by atoms with van der Waals surface area (Å²) in [4.78, 5) is 20.0. The maximum atomic E-state index is 11.9. The molecule has 7 nitrogen and oxygen atoms in total. The van der Waals surface area contributed by atoms with Crippen molar-refractivity contribution < 1.29 is 4.79 Å². The number of hydrogen-bond donors (Lipinski definition) is 1. The van der Waals surface area contributed by atoms with Gasteiger partial charge in [-0.05, 0) is 18.2 Å². The summed E-state index contributed by atoms with van der Waals surface area (Å²) in [5, 5.41) is 15.5. The monoisotopic (exact) mass is 264 g/mol. The van der Waals surface area contributed by atoms with E-state index in [0.29, 0.717) is 11.2 Å². The lowest BCUT2D eigenvalue weighted by Gasteiger charge is -1.98. The first-order valence-corrected chi connectivity index (χ1v) is 5.75. The van der Waals surface area contributed by atoms with Crippen molar-refractivity contribution in [2.75, 3.05) is 5.32 Å². The molecule has 0 spiro atoms. The lowest BCUT2D eigenvalue weighted by molar-refractivity contribution is 0.102. The molecule has 0 aromatic carbocycles. The number of nitrogens with one attached hydrogen (secondary N) is 1. The van der Waals surface area contributed by atoms with Crippen LogP contribution in [0.15, 0.2) is 42.7 Å². The molecule has 96 valence electrons. The molecule has 0 atom stereocenters. The standard InChI is InChI=1S/C13H8N6O/c14-8-9-4-6-19-11(7-9)16-13(18-19)17-12(20)10-3-1-2-5-15-10/h1-7H,(H,17,18,20). The van der Waals surface area contributed by atoms with E-state index in [-0.39, 0.29) is 17.5 Å². The molecule has 7 heteroatoms. The predicted molar refractivity (Wildman–Crippen MR) is 69.9 cm³/mol. The van der Waals surface area contributed by atoms with E-state index < -0.39 is 0 Å². The number of anilines is 1. The molecule has 3 aromatic heterocycles. The largest absolute Gasteiger partial charge is 0.288 e. The van der Waals surface area contributed by atoms with Gasteiger partial charge in [-0.25, -0.2) is 4.52 Å². The third-order valence-corrected chi connectivity index (χ3v) is 2.59. The minimum absolute atomic E-state index is 0.163. The molecule has 0 aliphatic rings. The van der Waals surface area contributed by atoms with Crippen molar-refractivity contribution in [2.45, 2.75) is 0 Å². The summed E-state index contributed by atoms with van der Waals surface area (Å²) < 4.78 is 1.48. The predicted octanol–water partition coefficient (Wildman–Crippen LogP) is 1.25. The van der Waals surface area contributed by atoms with Gasteiger partial charge >= 0.3 is 0 Å². The average molecular weight is 264 g/mol. The van der Waals surface area contributed by atoms with E-state index in [1.165, 1.54) is 10.7 Å². The van der Waals surface area contributed by atoms with Gasteiger partial charge in [0, 0.05) is 18.5 Å². The maximum Gasteiger partial charge on any atom is 0.276 e. The molecule has 0 saturated carbocycles. The Morgan fingerprint density at radius 1 is 1.35 bits per heavy atom. The summed E-state index contributed by atoms with van der Waals surface area (Å²) in [5.74, 6) is -0.224. The zero-order valence-electron chi connectivity index (χ0n) is 10.2. The summed E-state index contributed by atoms with van der Waals surface area (Å²) in [7, 11) is 0. The van der Waals surface area contributed by atoms with Crippen molar-refractivity contribution in [3.05, 3.63) is 54.0 Å². The van der Waals surface area contributed by atoms with Crippen LogP contribution in [0.1, 0.15) is 16.1 Å². The van der Waals surface area contributed by atoms with Crippen LogP contribution in [0.3, 0.4) is 0 Å². The Morgan fingerprint density at radius 2 is 2.25 bits per heavy atom. The molecule has 0 fully saturated rings. The number of pyridine rings is 2. The highest BCUT2D eigenvalue weighted by Gasteiger charge is 2.10. The fourth-order valence-corrected chi connectivity index (χ4v) is 1.67. The molecular formula is C13H8N6O. The molecule has 3 aromatic rings. The van der Waals surface area contributed by atoms with Crippen molar-refractivity contribution in [1.29, 1.82) is 5.26 Å². The summed E-state index contributed by atoms with van der Waals surface area (Å²) >= 11 is 0. The highest BCUT2D eigenvalue weighted by Crippen LogP contribution is 2.08. The number of aromatic nitrogens is 4. The van der Waals surface area contributed by atoms with Gasteiger partial charge in [-0.2, -0.15) is 10.2 Å². The van der Waals surface area contributed by atoms with Crippen LogP contribution in [0.25, 0.3) is 5.65 Å². The Morgan fingerprint density at radius 3 is 3.00 bits per heavy atom. The second kappa shape index (κ2) is 4.78. The van der Waals surface area contributed by atoms with Crippen molar-refractivity contribution in [2.24, 2.45) is 0 Å². The Kier molecular flexibility index (Phi) is 2.82. The average Bonchev–Trinajstić information content (AvgIpc) is 2.89. The fraction of sp³-hybridized carbons (Fsp3) is 0. The number of hydrogen-bond acceptors (Lipinski definition) is 5. The second-order valence-electron chi connectivity index (χ2n) is 3.93. The number of carbonyl (C=O) groups excluding carboxylic acids is 1. The molecule has 3 heterocycles. The zero-order valence-corrected chi connectivity index (χ0v) is 10.2. The van der Waals surface area contributed by atoms with Gasteiger partial charge in [-0.15, -0.1) is 5.10 Å². The lowest BCUT2D eigenvalue weighted by Crippen LogP contribution is -2.14. The smallest absolute Gasteiger partial charge is 0.276 e. The minimum Gasteiger partial charge on any atom is -0.288 e. The molecule has 1 N–H and O–H groups in total. The molecule has 0 aliphatic carbocycles. The van der Waals surface area contributed by atoms with Gasteiger partial charge in [-0.3, -0.25) is 15.1 Å². The topological polar surface area (TPSA) is 96.0 Å². The van der Waals surface area contributed by atoms with E-state index >= 15 is 0 Å². The Hall–Kier alpha value is -3.27. The Balaban J connectivity index is 1.88. The SMILES string of the molecule is N#Cc1ccn2nc(NC(=O)c3ccccn3)nc2c1. The Bertz CT molecular complexity index is 818. The quantitative estimate of drug-likeness (QED) is 0.751. The first-order valence-electron chi connectivity index (χ1n) is 5.75. The van der Waals surface area contributed by atoms with Crippen LogP contribution in [0.5, 0.6) is 0 Å². The van der Waals surface area contributed by atoms with E-state index in [1.807, 2.05) is 6.07 Å². The molecule has 1 amide bonds. The highest BCUT2D eigenvalue weighted by molar-refractivity contribution is 6.01. The van der Waals surface area contributed by atoms with Gasteiger partial charge in [-0.1, -0.05) is 6.07 Å². The number of fused-ring (bicyclic) bond motifs is 1. The number of nitrogens with zero attached hydrogens (tertiary/aromatic N) is 5. The minimum atomic E-state index is -0.387. The highest BCUT2D eigenvalue weighted by atomic mass is 16.2. The van der Waals surface area contributed by atoms with Gasteiger partial charge < -0.3 is 0 Å². The van der Waals surface area contributed by atoms with Crippen LogP contribution >= 0.6 is 0 Å². The fourth-order valence-electron chi connectivity index (χ4n) is 1.67. The van der Waals surface area contributed by atoms with Gasteiger partial charge in [0.2, 0.25) is 5.95 Å². The number of carbonyl (C=O) groups is 1. The van der Waals surface area contributed by atoms with Crippen molar-refractivity contribution >= 4 is 17.5 Å². The molecule has 0 unspecified atom stereocenters. The second-order valence-corrected chi connectivity index (χ2v) is 3.93. The summed E-state index contributed by atoms with van der Waals surface area (Å²) in [6.45, 7) is 0.